The summed E-state index contributed by atoms with van der Waals surface area (Å²) in [5.74, 6) is -0.0995. The first kappa shape index (κ1) is 20.9. The quantitative estimate of drug-likeness (QED) is 0.636. The molecule has 2 aromatic carbocycles. The van der Waals surface area contributed by atoms with Crippen LogP contribution in [-0.2, 0) is 24.3 Å². The zero-order chi connectivity index (χ0) is 22.0. The maximum Gasteiger partial charge on any atom is 0.329 e. The molecule has 0 spiro atoms. The van der Waals surface area contributed by atoms with Gasteiger partial charge in [-0.1, -0.05) is 31.2 Å². The molecule has 1 fully saturated rings. The van der Waals surface area contributed by atoms with Gasteiger partial charge in [-0.2, -0.15) is 0 Å². The number of benzene rings is 2. The van der Waals surface area contributed by atoms with Gasteiger partial charge >= 0.3 is 5.69 Å². The number of fused-ring (bicyclic) bond motifs is 1. The number of hydrogen-bond donors (Lipinski definition) is 0. The Morgan fingerprint density at radius 3 is 1.97 bits per heavy atom. The van der Waals surface area contributed by atoms with Gasteiger partial charge in [0.15, 0.2) is 0 Å². The van der Waals surface area contributed by atoms with E-state index in [2.05, 4.69) is 6.92 Å². The second-order valence-corrected chi connectivity index (χ2v) is 7.83. The molecule has 1 aliphatic rings. The Hall–Kier alpha value is -3.35. The minimum atomic E-state index is -0.165. The Kier molecular flexibility index (Phi) is 5.93. The molecule has 31 heavy (non-hydrogen) atoms. The van der Waals surface area contributed by atoms with Crippen LogP contribution in [0.5, 0.6) is 0 Å². The SMILES string of the molecule is CCc1ccc(C(=O)N2CCN(C(=O)Cn3c(=O)n(CC)c4ccccc43)CC2)cc1. The van der Waals surface area contributed by atoms with Crippen molar-refractivity contribution in [2.75, 3.05) is 26.2 Å². The molecule has 7 heteroatoms. The van der Waals surface area contributed by atoms with Gasteiger partial charge in [-0.25, -0.2) is 4.79 Å². The van der Waals surface area contributed by atoms with Crippen LogP contribution in [0, 0.1) is 0 Å². The molecule has 0 saturated carbocycles. The first-order valence-corrected chi connectivity index (χ1v) is 10.9. The van der Waals surface area contributed by atoms with Crippen molar-refractivity contribution in [1.82, 2.24) is 18.9 Å². The molecule has 4 rings (SSSR count). The first-order chi connectivity index (χ1) is 15.0. The van der Waals surface area contributed by atoms with E-state index in [1.165, 1.54) is 5.56 Å². The Labute approximate surface area is 181 Å². The van der Waals surface area contributed by atoms with Gasteiger partial charge in [0.05, 0.1) is 11.0 Å². The lowest BCUT2D eigenvalue weighted by Gasteiger charge is -2.35. The second-order valence-electron chi connectivity index (χ2n) is 7.83. The minimum absolute atomic E-state index is 0.00279. The monoisotopic (exact) mass is 420 g/mol. The highest BCUT2D eigenvalue weighted by Gasteiger charge is 2.26. The zero-order valence-electron chi connectivity index (χ0n) is 18.1. The molecule has 0 N–H and O–H groups in total. The summed E-state index contributed by atoms with van der Waals surface area (Å²) in [6.07, 6.45) is 0.940. The molecule has 2 heterocycles. The maximum absolute atomic E-state index is 12.9. The smallest absolute Gasteiger partial charge is 0.329 e. The first-order valence-electron chi connectivity index (χ1n) is 10.9. The van der Waals surface area contributed by atoms with Gasteiger partial charge in [0.2, 0.25) is 5.91 Å². The number of hydrogen-bond acceptors (Lipinski definition) is 3. The Bertz CT molecular complexity index is 1150. The molecule has 0 radical (unpaired) electrons. The van der Waals surface area contributed by atoms with Gasteiger partial charge in [0.1, 0.15) is 6.54 Å². The normalized spacial score (nSPS) is 14.3. The highest BCUT2D eigenvalue weighted by molar-refractivity contribution is 5.94. The Morgan fingerprint density at radius 2 is 1.39 bits per heavy atom. The summed E-state index contributed by atoms with van der Waals surface area (Å²) in [6, 6.07) is 15.2. The predicted octanol–water partition coefficient (Wildman–Crippen LogP) is 2.37. The van der Waals surface area contributed by atoms with Crippen LogP contribution >= 0.6 is 0 Å². The van der Waals surface area contributed by atoms with Crippen LogP contribution < -0.4 is 5.69 Å². The molecule has 0 aliphatic carbocycles. The average molecular weight is 421 g/mol. The molecule has 7 nitrogen and oxygen atoms in total. The Balaban J connectivity index is 1.42. The number of aromatic nitrogens is 2. The molecule has 0 atom stereocenters. The number of aryl methyl sites for hydroxylation is 2. The van der Waals surface area contributed by atoms with Crippen LogP contribution in [0.4, 0.5) is 0 Å². The lowest BCUT2D eigenvalue weighted by molar-refractivity contribution is -0.133. The highest BCUT2D eigenvalue weighted by atomic mass is 16.2. The minimum Gasteiger partial charge on any atom is -0.338 e. The number of nitrogens with zero attached hydrogens (tertiary/aromatic N) is 4. The van der Waals surface area contributed by atoms with Crippen molar-refractivity contribution < 1.29 is 9.59 Å². The second kappa shape index (κ2) is 8.79. The van der Waals surface area contributed by atoms with E-state index in [1.54, 1.807) is 18.9 Å². The van der Waals surface area contributed by atoms with Crippen molar-refractivity contribution in [3.8, 4) is 0 Å². The molecule has 1 saturated heterocycles. The lowest BCUT2D eigenvalue weighted by atomic mass is 10.1. The van der Waals surface area contributed by atoms with Gasteiger partial charge < -0.3 is 9.80 Å². The number of piperazine rings is 1. The van der Waals surface area contributed by atoms with Crippen LogP contribution in [-0.4, -0.2) is 56.9 Å². The van der Waals surface area contributed by atoms with Crippen LogP contribution in [0.25, 0.3) is 11.0 Å². The van der Waals surface area contributed by atoms with E-state index in [0.29, 0.717) is 38.3 Å². The third kappa shape index (κ3) is 4.00. The summed E-state index contributed by atoms with van der Waals surface area (Å²) in [5, 5.41) is 0. The number of rotatable bonds is 5. The van der Waals surface area contributed by atoms with Gasteiger partial charge in [-0.05, 0) is 43.2 Å². The fourth-order valence-corrected chi connectivity index (χ4v) is 4.19. The largest absolute Gasteiger partial charge is 0.338 e. The van der Waals surface area contributed by atoms with Crippen LogP contribution in [0.15, 0.2) is 53.3 Å². The number of carbonyl (C=O) groups excluding carboxylic acids is 2. The molecule has 0 unspecified atom stereocenters. The molecule has 0 bridgehead atoms. The van der Waals surface area contributed by atoms with Crippen molar-refractivity contribution in [3.63, 3.8) is 0 Å². The summed E-state index contributed by atoms with van der Waals surface area (Å²) in [7, 11) is 0. The van der Waals surface area contributed by atoms with E-state index in [4.69, 9.17) is 0 Å². The van der Waals surface area contributed by atoms with Crippen molar-refractivity contribution in [1.29, 1.82) is 0 Å². The van der Waals surface area contributed by atoms with Gasteiger partial charge in [0, 0.05) is 38.3 Å². The van der Waals surface area contributed by atoms with Gasteiger partial charge in [-0.3, -0.25) is 18.7 Å². The summed E-state index contributed by atoms with van der Waals surface area (Å²) in [4.78, 5) is 42.0. The highest BCUT2D eigenvalue weighted by Crippen LogP contribution is 2.14. The fraction of sp³-hybridized carbons (Fsp3) is 0.375. The summed E-state index contributed by atoms with van der Waals surface area (Å²) >= 11 is 0. The molecular weight excluding hydrogens is 392 g/mol. The molecule has 1 aliphatic heterocycles. The third-order valence-corrected chi connectivity index (χ3v) is 6.06. The van der Waals surface area contributed by atoms with E-state index in [1.807, 2.05) is 55.5 Å². The van der Waals surface area contributed by atoms with Crippen molar-refractivity contribution in [2.45, 2.75) is 33.4 Å². The average Bonchev–Trinajstić information content (AvgIpc) is 3.09. The fourth-order valence-electron chi connectivity index (χ4n) is 4.19. The van der Waals surface area contributed by atoms with E-state index >= 15 is 0 Å². The zero-order valence-corrected chi connectivity index (χ0v) is 18.1. The maximum atomic E-state index is 12.9. The van der Waals surface area contributed by atoms with Crippen molar-refractivity contribution >= 4 is 22.8 Å². The number of imidazole rings is 1. The van der Waals surface area contributed by atoms with Gasteiger partial charge in [0.25, 0.3) is 5.91 Å². The summed E-state index contributed by atoms with van der Waals surface area (Å²) in [5.41, 5.74) is 3.32. The van der Waals surface area contributed by atoms with E-state index in [-0.39, 0.29) is 24.0 Å². The van der Waals surface area contributed by atoms with E-state index in [9.17, 15) is 14.4 Å². The van der Waals surface area contributed by atoms with E-state index < -0.39 is 0 Å². The predicted molar refractivity (Wildman–Crippen MR) is 120 cm³/mol. The lowest BCUT2D eigenvalue weighted by Crippen LogP contribution is -2.51. The topological polar surface area (TPSA) is 67.6 Å². The van der Waals surface area contributed by atoms with Gasteiger partial charge in [-0.15, -0.1) is 0 Å². The molecule has 2 amide bonds. The van der Waals surface area contributed by atoms with Crippen molar-refractivity contribution in [3.05, 3.63) is 70.1 Å². The number of amides is 2. The summed E-state index contributed by atoms with van der Waals surface area (Å²) in [6.45, 7) is 6.50. The third-order valence-electron chi connectivity index (χ3n) is 6.06. The standard InChI is InChI=1S/C24H28N4O3/c1-3-18-9-11-19(12-10-18)23(30)26-15-13-25(14-16-26)22(29)17-28-21-8-6-5-7-20(21)27(4-2)24(28)31/h5-12H,3-4,13-17H2,1-2H3. The van der Waals surface area contributed by atoms with Crippen molar-refractivity contribution in [2.24, 2.45) is 0 Å². The number of para-hydroxylation sites is 2. The number of carbonyl (C=O) groups is 2. The molecular formula is C24H28N4O3. The van der Waals surface area contributed by atoms with E-state index in [0.717, 1.165) is 17.5 Å². The van der Waals surface area contributed by atoms with Crippen LogP contribution in [0.1, 0.15) is 29.8 Å². The van der Waals surface area contributed by atoms with Crippen LogP contribution in [0.2, 0.25) is 0 Å². The Morgan fingerprint density at radius 1 is 0.806 bits per heavy atom. The molecule has 3 aromatic rings. The van der Waals surface area contributed by atoms with Crippen LogP contribution in [0.3, 0.4) is 0 Å². The summed E-state index contributed by atoms with van der Waals surface area (Å²) < 4.78 is 3.23. The molecule has 162 valence electrons. The molecule has 1 aromatic heterocycles.